The Morgan fingerprint density at radius 2 is 1.88 bits per heavy atom. The first-order valence-electron chi connectivity index (χ1n) is 9.56. The van der Waals surface area contributed by atoms with Gasteiger partial charge in [-0.3, -0.25) is 9.89 Å². The average molecular weight is 329 g/mol. The number of benzene rings is 1. The maximum absolute atomic E-state index is 4.35. The van der Waals surface area contributed by atoms with E-state index in [2.05, 4.69) is 51.7 Å². The molecular formula is C20H32N4. The Kier molecular flexibility index (Phi) is 6.13. The molecule has 2 atom stereocenters. The highest BCUT2D eigenvalue weighted by Gasteiger charge is 2.36. The molecule has 1 aliphatic heterocycles. The number of nitrogens with one attached hydrogen (secondary N) is 2. The molecule has 2 N–H and O–H groups in total. The van der Waals surface area contributed by atoms with Gasteiger partial charge in [0.15, 0.2) is 5.96 Å². The number of aliphatic imine (C=N–C) groups is 1. The summed E-state index contributed by atoms with van der Waals surface area (Å²) in [5, 5.41) is 6.98. The lowest BCUT2D eigenvalue weighted by Gasteiger charge is -2.15. The summed E-state index contributed by atoms with van der Waals surface area (Å²) in [7, 11) is 1.85. The van der Waals surface area contributed by atoms with Crippen molar-refractivity contribution in [3.8, 4) is 0 Å². The van der Waals surface area contributed by atoms with Crippen LogP contribution in [0.1, 0.15) is 50.2 Å². The molecule has 4 nitrogen and oxygen atoms in total. The van der Waals surface area contributed by atoms with E-state index in [9.17, 15) is 0 Å². The van der Waals surface area contributed by atoms with Gasteiger partial charge in [0.1, 0.15) is 0 Å². The zero-order chi connectivity index (χ0) is 16.8. The van der Waals surface area contributed by atoms with E-state index < -0.39 is 0 Å². The smallest absolute Gasteiger partial charge is 0.191 e. The van der Waals surface area contributed by atoms with Gasteiger partial charge in [0.2, 0.25) is 0 Å². The third kappa shape index (κ3) is 4.97. The Morgan fingerprint density at radius 3 is 2.54 bits per heavy atom. The molecule has 1 saturated carbocycles. The lowest BCUT2D eigenvalue weighted by Crippen LogP contribution is -2.38. The molecule has 132 valence electrons. The van der Waals surface area contributed by atoms with Crippen LogP contribution in [0.5, 0.6) is 0 Å². The minimum Gasteiger partial charge on any atom is -0.353 e. The lowest BCUT2D eigenvalue weighted by atomic mass is 10.1. The molecule has 1 aromatic carbocycles. The van der Waals surface area contributed by atoms with Gasteiger partial charge in [-0.15, -0.1) is 0 Å². The number of guanidine groups is 1. The fraction of sp³-hybridized carbons (Fsp3) is 0.650. The van der Waals surface area contributed by atoms with Crippen molar-refractivity contribution in [2.24, 2.45) is 10.9 Å². The van der Waals surface area contributed by atoms with Crippen molar-refractivity contribution >= 4 is 5.96 Å². The van der Waals surface area contributed by atoms with Crippen molar-refractivity contribution in [3.63, 3.8) is 0 Å². The van der Waals surface area contributed by atoms with Gasteiger partial charge in [-0.1, -0.05) is 37.6 Å². The summed E-state index contributed by atoms with van der Waals surface area (Å²) in [6.07, 6.45) is 6.61. The number of rotatable bonds is 7. The lowest BCUT2D eigenvalue weighted by molar-refractivity contribution is 0.331. The highest BCUT2D eigenvalue weighted by atomic mass is 15.2. The van der Waals surface area contributed by atoms with Crippen LogP contribution in [0.4, 0.5) is 0 Å². The Hall–Kier alpha value is -1.55. The number of likely N-dealkylation sites (tertiary alicyclic amines) is 1. The summed E-state index contributed by atoms with van der Waals surface area (Å²) in [6, 6.07) is 9.64. The van der Waals surface area contributed by atoms with Gasteiger partial charge in [-0.05, 0) is 55.8 Å². The summed E-state index contributed by atoms with van der Waals surface area (Å²) in [4.78, 5) is 6.89. The first-order valence-corrected chi connectivity index (χ1v) is 9.56. The third-order valence-electron chi connectivity index (χ3n) is 5.22. The van der Waals surface area contributed by atoms with Crippen molar-refractivity contribution in [2.75, 3.05) is 20.1 Å². The Bertz CT molecular complexity index is 531. The molecule has 3 rings (SSSR count). The van der Waals surface area contributed by atoms with Crippen LogP contribution in [0, 0.1) is 5.92 Å². The first-order chi connectivity index (χ1) is 11.8. The maximum Gasteiger partial charge on any atom is 0.191 e. The molecule has 2 unspecified atom stereocenters. The van der Waals surface area contributed by atoms with Gasteiger partial charge in [0.25, 0.3) is 0 Å². The van der Waals surface area contributed by atoms with E-state index in [4.69, 9.17) is 0 Å². The van der Waals surface area contributed by atoms with E-state index in [0.29, 0.717) is 6.04 Å². The highest BCUT2D eigenvalue weighted by Crippen LogP contribution is 2.34. The molecule has 0 spiro atoms. The predicted molar refractivity (Wildman–Crippen MR) is 101 cm³/mol. The van der Waals surface area contributed by atoms with Crippen molar-refractivity contribution in [1.29, 1.82) is 0 Å². The van der Waals surface area contributed by atoms with Crippen molar-refractivity contribution < 1.29 is 0 Å². The predicted octanol–water partition coefficient (Wildman–Crippen LogP) is 3.14. The van der Waals surface area contributed by atoms with Crippen LogP contribution in [0.2, 0.25) is 0 Å². The summed E-state index contributed by atoms with van der Waals surface area (Å²) >= 11 is 0. The van der Waals surface area contributed by atoms with Crippen LogP contribution in [0.15, 0.2) is 29.3 Å². The molecule has 2 fully saturated rings. The molecule has 2 aliphatic rings. The van der Waals surface area contributed by atoms with Crippen molar-refractivity contribution in [2.45, 2.75) is 58.2 Å². The second kappa shape index (κ2) is 8.52. The van der Waals surface area contributed by atoms with Crippen molar-refractivity contribution in [1.82, 2.24) is 15.5 Å². The van der Waals surface area contributed by atoms with E-state index >= 15 is 0 Å². The van der Waals surface area contributed by atoms with Gasteiger partial charge >= 0.3 is 0 Å². The number of hydrogen-bond donors (Lipinski definition) is 2. The average Bonchev–Trinajstić information content (AvgIpc) is 3.11. The Balaban J connectivity index is 1.42. The molecule has 0 radical (unpaired) electrons. The van der Waals surface area contributed by atoms with E-state index in [1.807, 2.05) is 7.05 Å². The number of hydrogen-bond acceptors (Lipinski definition) is 2. The van der Waals surface area contributed by atoms with E-state index in [-0.39, 0.29) is 0 Å². The highest BCUT2D eigenvalue weighted by molar-refractivity contribution is 5.80. The third-order valence-corrected chi connectivity index (χ3v) is 5.22. The zero-order valence-corrected chi connectivity index (χ0v) is 15.2. The summed E-state index contributed by atoms with van der Waals surface area (Å²) < 4.78 is 0. The Labute approximate surface area is 146 Å². The summed E-state index contributed by atoms with van der Waals surface area (Å²) in [5.74, 6) is 1.78. The molecule has 1 aromatic rings. The SMILES string of the molecule is CCCC1CC1NC(=NC)NCc1ccc(CN2CCCC2)cc1. The minimum absolute atomic E-state index is 0.624. The van der Waals surface area contributed by atoms with Crippen LogP contribution in [0.3, 0.4) is 0 Å². The van der Waals surface area contributed by atoms with Gasteiger partial charge < -0.3 is 10.6 Å². The largest absolute Gasteiger partial charge is 0.353 e. The van der Waals surface area contributed by atoms with E-state index in [1.165, 1.54) is 56.3 Å². The van der Waals surface area contributed by atoms with Crippen LogP contribution in [-0.4, -0.2) is 37.0 Å². The fourth-order valence-corrected chi connectivity index (χ4v) is 3.63. The fourth-order valence-electron chi connectivity index (χ4n) is 3.63. The van der Waals surface area contributed by atoms with Gasteiger partial charge in [0.05, 0.1) is 0 Å². The molecule has 0 aromatic heterocycles. The topological polar surface area (TPSA) is 39.7 Å². The number of nitrogens with zero attached hydrogens (tertiary/aromatic N) is 2. The molecular weight excluding hydrogens is 296 g/mol. The van der Waals surface area contributed by atoms with Gasteiger partial charge in [0, 0.05) is 26.2 Å². The van der Waals surface area contributed by atoms with Crippen LogP contribution < -0.4 is 10.6 Å². The normalized spacial score (nSPS) is 24.2. The standard InChI is InChI=1S/C20H32N4/c1-3-6-18-13-19(18)23-20(21-2)22-14-16-7-9-17(10-8-16)15-24-11-4-5-12-24/h7-10,18-19H,3-6,11-15H2,1-2H3,(H2,21,22,23). The first kappa shape index (κ1) is 17.3. The maximum atomic E-state index is 4.35. The summed E-state index contributed by atoms with van der Waals surface area (Å²) in [6.45, 7) is 6.69. The second-order valence-corrected chi connectivity index (χ2v) is 7.26. The Morgan fingerprint density at radius 1 is 1.17 bits per heavy atom. The molecule has 1 heterocycles. The van der Waals surface area contributed by atoms with E-state index in [1.54, 1.807) is 0 Å². The second-order valence-electron chi connectivity index (χ2n) is 7.26. The van der Waals surface area contributed by atoms with Crippen LogP contribution >= 0.6 is 0 Å². The summed E-state index contributed by atoms with van der Waals surface area (Å²) in [5.41, 5.74) is 2.73. The molecule has 0 bridgehead atoms. The quantitative estimate of drug-likeness (QED) is 0.597. The molecule has 24 heavy (non-hydrogen) atoms. The zero-order valence-electron chi connectivity index (χ0n) is 15.2. The van der Waals surface area contributed by atoms with Crippen molar-refractivity contribution in [3.05, 3.63) is 35.4 Å². The molecule has 0 amide bonds. The molecule has 1 aliphatic carbocycles. The molecule has 1 saturated heterocycles. The van der Waals surface area contributed by atoms with Crippen LogP contribution in [0.25, 0.3) is 0 Å². The van der Waals surface area contributed by atoms with Gasteiger partial charge in [-0.2, -0.15) is 0 Å². The monoisotopic (exact) mass is 328 g/mol. The molecule has 4 heteroatoms. The van der Waals surface area contributed by atoms with Gasteiger partial charge in [-0.25, -0.2) is 0 Å². The van der Waals surface area contributed by atoms with E-state index in [0.717, 1.165) is 25.0 Å². The minimum atomic E-state index is 0.624. The van der Waals surface area contributed by atoms with Crippen LogP contribution in [-0.2, 0) is 13.1 Å².